The minimum Gasteiger partial charge on any atom is -0.441 e. The highest BCUT2D eigenvalue weighted by Gasteiger charge is 2.32. The number of aliphatic hydroxyl groups is 1. The number of oxazole rings is 1. The van der Waals surface area contributed by atoms with Crippen LogP contribution in [-0.2, 0) is 4.79 Å². The number of carbonyl (C=O) groups is 1. The number of aromatic nitrogens is 1. The van der Waals surface area contributed by atoms with Crippen molar-refractivity contribution in [1.29, 1.82) is 0 Å². The summed E-state index contributed by atoms with van der Waals surface area (Å²) in [6.07, 6.45) is 7.97. The summed E-state index contributed by atoms with van der Waals surface area (Å²) in [7, 11) is 0.433. The number of benzene rings is 1. The number of β-amino-alcohol motifs (C(OH)–C–C–N with tert-alkyl or cyclic N) is 1. The molecule has 0 aliphatic carbocycles. The highest BCUT2D eigenvalue weighted by molar-refractivity contribution is 7.51. The maximum atomic E-state index is 12.9. The predicted molar refractivity (Wildman–Crippen MR) is 118 cm³/mol. The Hall–Kier alpha value is -2.34. The van der Waals surface area contributed by atoms with Crippen molar-refractivity contribution in [3.05, 3.63) is 47.9 Å². The second-order valence-corrected chi connectivity index (χ2v) is 9.39. The first kappa shape index (κ1) is 19.6. The van der Waals surface area contributed by atoms with Crippen LogP contribution in [-0.4, -0.2) is 63.6 Å². The predicted octanol–water partition coefficient (Wildman–Crippen LogP) is 2.95. The second-order valence-electron chi connectivity index (χ2n) is 7.97. The van der Waals surface area contributed by atoms with Gasteiger partial charge >= 0.3 is 0 Å². The van der Waals surface area contributed by atoms with Crippen molar-refractivity contribution in [2.75, 3.05) is 26.2 Å². The Bertz CT molecular complexity index is 1070. The number of piperidine rings is 1. The van der Waals surface area contributed by atoms with Gasteiger partial charge in [-0.05, 0) is 55.0 Å². The zero-order valence-electron chi connectivity index (χ0n) is 16.9. The van der Waals surface area contributed by atoms with Gasteiger partial charge in [-0.3, -0.25) is 4.79 Å². The number of nitrogens with zero attached hydrogens (tertiary/aromatic N) is 4. The van der Waals surface area contributed by atoms with Gasteiger partial charge in [-0.2, -0.15) is 5.10 Å². The van der Waals surface area contributed by atoms with Crippen LogP contribution in [0.25, 0.3) is 16.4 Å². The molecule has 2 unspecified atom stereocenters. The third-order valence-corrected chi connectivity index (χ3v) is 7.44. The summed E-state index contributed by atoms with van der Waals surface area (Å²) < 4.78 is 5.65. The van der Waals surface area contributed by atoms with E-state index >= 15 is 0 Å². The van der Waals surface area contributed by atoms with Gasteiger partial charge in [0, 0.05) is 25.5 Å². The fraction of sp³-hybridized carbons (Fsp3) is 0.409. The van der Waals surface area contributed by atoms with E-state index < -0.39 is 0 Å². The summed E-state index contributed by atoms with van der Waals surface area (Å²) in [6, 6.07) is 5.92. The topological polar surface area (TPSA) is 82.2 Å². The highest BCUT2D eigenvalue weighted by Crippen LogP contribution is 2.45. The lowest BCUT2D eigenvalue weighted by molar-refractivity contribution is -0.126. The molecule has 3 aliphatic heterocycles. The van der Waals surface area contributed by atoms with Crippen LogP contribution in [0.1, 0.15) is 24.3 Å². The summed E-state index contributed by atoms with van der Waals surface area (Å²) in [5, 5.41) is 16.5. The number of fused-ring (bicyclic) bond motifs is 2. The molecule has 8 heteroatoms. The molecule has 4 heterocycles. The maximum Gasteiger partial charge on any atom is 0.268 e. The van der Waals surface area contributed by atoms with Gasteiger partial charge in [-0.1, -0.05) is 20.7 Å². The second kappa shape index (κ2) is 8.06. The Morgan fingerprint density at radius 2 is 2.13 bits per heavy atom. The summed E-state index contributed by atoms with van der Waals surface area (Å²) in [6.45, 7) is 4.70. The maximum absolute atomic E-state index is 12.9. The zero-order valence-corrected chi connectivity index (χ0v) is 17.9. The molecule has 2 atom stereocenters. The van der Waals surface area contributed by atoms with Crippen LogP contribution >= 0.6 is 8.58 Å². The monoisotopic (exact) mass is 424 g/mol. The Labute approximate surface area is 176 Å². The van der Waals surface area contributed by atoms with Crippen molar-refractivity contribution in [2.45, 2.75) is 25.5 Å². The minimum absolute atomic E-state index is 0.0251. The Morgan fingerprint density at radius 3 is 2.93 bits per heavy atom. The third kappa shape index (κ3) is 3.73. The number of carbonyl (C=O) groups excluding carboxylic acids is 1. The van der Waals surface area contributed by atoms with Gasteiger partial charge in [0.25, 0.3) is 5.91 Å². The van der Waals surface area contributed by atoms with E-state index in [0.717, 1.165) is 60.2 Å². The van der Waals surface area contributed by atoms with Crippen LogP contribution in [0.2, 0.25) is 0 Å². The lowest BCUT2D eigenvalue weighted by Gasteiger charge is -2.36. The van der Waals surface area contributed by atoms with Crippen molar-refractivity contribution >= 4 is 36.6 Å². The zero-order chi connectivity index (χ0) is 20.7. The molecule has 0 radical (unpaired) electrons. The molecule has 1 aromatic carbocycles. The summed E-state index contributed by atoms with van der Waals surface area (Å²) in [5.41, 5.74) is 3.59. The molecule has 7 nitrogen and oxygen atoms in total. The molecule has 1 N–H and O–H groups in total. The van der Waals surface area contributed by atoms with Gasteiger partial charge < -0.3 is 14.4 Å². The van der Waals surface area contributed by atoms with Gasteiger partial charge in [0.2, 0.25) is 0 Å². The van der Waals surface area contributed by atoms with E-state index in [-0.39, 0.29) is 18.3 Å². The molecule has 30 heavy (non-hydrogen) atoms. The minimum atomic E-state index is -0.0674. The van der Waals surface area contributed by atoms with Crippen molar-refractivity contribution in [1.82, 2.24) is 14.9 Å². The van der Waals surface area contributed by atoms with E-state index in [1.165, 1.54) is 0 Å². The number of likely N-dealkylation sites (tertiary alicyclic amines) is 1. The average molecular weight is 424 g/mol. The smallest absolute Gasteiger partial charge is 0.268 e. The van der Waals surface area contributed by atoms with Crippen LogP contribution in [0, 0.1) is 12.8 Å². The SMILES string of the molecule is Cc1nc2ccc(C3=CC(=O)N4N=C(C5CCN(CCO)CC5)C=CC4P3)cc2o1. The number of amides is 1. The number of aryl methyl sites for hydroxylation is 1. The van der Waals surface area contributed by atoms with Crippen LogP contribution < -0.4 is 0 Å². The lowest BCUT2D eigenvalue weighted by Crippen LogP contribution is -2.41. The molecular formula is C22H25N4O3P. The van der Waals surface area contributed by atoms with Crippen molar-refractivity contribution < 1.29 is 14.3 Å². The van der Waals surface area contributed by atoms with Gasteiger partial charge in [-0.15, -0.1) is 0 Å². The molecule has 0 spiro atoms. The van der Waals surface area contributed by atoms with E-state index in [4.69, 9.17) is 14.6 Å². The first-order valence-electron chi connectivity index (χ1n) is 10.4. The number of hydrogen-bond acceptors (Lipinski definition) is 6. The van der Waals surface area contributed by atoms with E-state index in [1.807, 2.05) is 25.1 Å². The molecular weight excluding hydrogens is 399 g/mol. The molecule has 2 aromatic rings. The first-order valence-corrected chi connectivity index (χ1v) is 11.5. The number of rotatable bonds is 4. The van der Waals surface area contributed by atoms with Crippen molar-refractivity contribution in [3.8, 4) is 0 Å². The van der Waals surface area contributed by atoms with Crippen molar-refractivity contribution in [3.63, 3.8) is 0 Å². The third-order valence-electron chi connectivity index (χ3n) is 5.96. The van der Waals surface area contributed by atoms with E-state index in [1.54, 1.807) is 11.1 Å². The Balaban J connectivity index is 1.33. The average Bonchev–Trinajstić information content (AvgIpc) is 3.13. The number of allylic oxidation sites excluding steroid dienone is 1. The van der Waals surface area contributed by atoms with Gasteiger partial charge in [-0.25, -0.2) is 9.99 Å². The van der Waals surface area contributed by atoms with Crippen LogP contribution in [0.3, 0.4) is 0 Å². The standard InChI is InChI=1S/C22H25N4O3P/c1-14-23-18-3-2-16(12-19(18)29-14)20-13-21(28)26-22(30-20)5-4-17(24-26)15-6-8-25(9-7-15)10-11-27/h2-5,12-13,15,22,27,30H,6-11H2,1H3. The fourth-order valence-electron chi connectivity index (χ4n) is 4.36. The Kier molecular flexibility index (Phi) is 5.27. The van der Waals surface area contributed by atoms with Gasteiger partial charge in [0.1, 0.15) is 5.52 Å². The van der Waals surface area contributed by atoms with Gasteiger partial charge in [0.05, 0.1) is 18.1 Å². The molecule has 1 fully saturated rings. The molecule has 1 saturated heterocycles. The van der Waals surface area contributed by atoms with E-state index in [2.05, 4.69) is 22.0 Å². The normalized spacial score (nSPS) is 23.7. The summed E-state index contributed by atoms with van der Waals surface area (Å²) in [4.78, 5) is 19.5. The largest absolute Gasteiger partial charge is 0.441 e. The molecule has 1 aromatic heterocycles. The van der Waals surface area contributed by atoms with Crippen LogP contribution in [0.4, 0.5) is 0 Å². The highest BCUT2D eigenvalue weighted by atomic mass is 31.1. The van der Waals surface area contributed by atoms with E-state index in [9.17, 15) is 4.79 Å². The van der Waals surface area contributed by atoms with Crippen LogP contribution in [0.15, 0.2) is 45.9 Å². The van der Waals surface area contributed by atoms with Gasteiger partial charge in [0.15, 0.2) is 11.5 Å². The molecule has 0 saturated carbocycles. The molecule has 156 valence electrons. The number of hydrogen-bond donors (Lipinski definition) is 1. The molecule has 5 rings (SSSR count). The van der Waals surface area contributed by atoms with Crippen molar-refractivity contribution in [2.24, 2.45) is 11.0 Å². The van der Waals surface area contributed by atoms with E-state index in [0.29, 0.717) is 20.4 Å². The molecule has 3 aliphatic rings. The number of aliphatic hydroxyl groups excluding tert-OH is 1. The fourth-order valence-corrected chi connectivity index (χ4v) is 5.71. The number of hydrazone groups is 1. The summed E-state index contributed by atoms with van der Waals surface area (Å²) in [5.74, 6) is 0.921. The quantitative estimate of drug-likeness (QED) is 0.764. The molecule has 0 bridgehead atoms. The first-order chi connectivity index (χ1) is 14.6. The summed E-state index contributed by atoms with van der Waals surface area (Å²) >= 11 is 0. The lowest BCUT2D eigenvalue weighted by atomic mass is 9.91. The molecule has 1 amide bonds. The Morgan fingerprint density at radius 1 is 1.30 bits per heavy atom. The van der Waals surface area contributed by atoms with Crippen LogP contribution in [0.5, 0.6) is 0 Å².